The van der Waals surface area contributed by atoms with E-state index in [9.17, 15) is 4.79 Å². The normalized spacial score (nSPS) is 14.3. The van der Waals surface area contributed by atoms with Crippen molar-refractivity contribution >= 4 is 5.91 Å². The second kappa shape index (κ2) is 5.73. The van der Waals surface area contributed by atoms with Gasteiger partial charge in [0.1, 0.15) is 0 Å². The predicted octanol–water partition coefficient (Wildman–Crippen LogP) is 1.02. The molecule has 1 aliphatic rings. The number of benzene rings is 1. The molecule has 5 nitrogen and oxygen atoms in total. The molecule has 0 aromatic heterocycles. The topological polar surface area (TPSA) is 73.6 Å². The van der Waals surface area contributed by atoms with Crippen molar-refractivity contribution < 1.29 is 14.3 Å². The van der Waals surface area contributed by atoms with Crippen LogP contribution in [0.5, 0.6) is 11.5 Å². The molecule has 0 bridgehead atoms. The van der Waals surface area contributed by atoms with Crippen molar-refractivity contribution in [3.8, 4) is 11.5 Å². The minimum atomic E-state index is -0.0518. The summed E-state index contributed by atoms with van der Waals surface area (Å²) in [5.41, 5.74) is 6.42. The maximum atomic E-state index is 11.7. The van der Waals surface area contributed by atoms with E-state index in [1.807, 2.05) is 25.1 Å². The lowest BCUT2D eigenvalue weighted by Crippen LogP contribution is -2.29. The van der Waals surface area contributed by atoms with Gasteiger partial charge in [0, 0.05) is 12.5 Å². The maximum absolute atomic E-state index is 11.7. The molecule has 3 N–H and O–H groups in total. The Kier molecular flexibility index (Phi) is 4.04. The van der Waals surface area contributed by atoms with Gasteiger partial charge >= 0.3 is 0 Å². The van der Waals surface area contributed by atoms with Crippen molar-refractivity contribution in [1.82, 2.24) is 5.32 Å². The van der Waals surface area contributed by atoms with Gasteiger partial charge in [-0.05, 0) is 30.7 Å². The standard InChI is InChI=1S/C13H18N2O3/c1-9(4-5-14)13(16)15-7-10-2-3-11-12(6-10)18-8-17-11/h2-3,6,9H,4-5,7-8,14H2,1H3,(H,15,16). The Morgan fingerprint density at radius 2 is 2.22 bits per heavy atom. The second-order valence-corrected chi connectivity index (χ2v) is 4.38. The average Bonchev–Trinajstić information content (AvgIpc) is 2.83. The van der Waals surface area contributed by atoms with Gasteiger partial charge in [-0.1, -0.05) is 13.0 Å². The van der Waals surface area contributed by atoms with Crippen molar-refractivity contribution in [3.63, 3.8) is 0 Å². The van der Waals surface area contributed by atoms with Gasteiger partial charge in [-0.25, -0.2) is 0 Å². The molecule has 98 valence electrons. The number of carbonyl (C=O) groups excluding carboxylic acids is 1. The summed E-state index contributed by atoms with van der Waals surface area (Å²) >= 11 is 0. The van der Waals surface area contributed by atoms with Crippen molar-refractivity contribution in [2.75, 3.05) is 13.3 Å². The monoisotopic (exact) mass is 250 g/mol. The van der Waals surface area contributed by atoms with Crippen LogP contribution < -0.4 is 20.5 Å². The molecule has 1 heterocycles. The van der Waals surface area contributed by atoms with E-state index in [2.05, 4.69) is 5.32 Å². The highest BCUT2D eigenvalue weighted by Crippen LogP contribution is 2.32. The molecular weight excluding hydrogens is 232 g/mol. The number of ether oxygens (including phenoxy) is 2. The van der Waals surface area contributed by atoms with E-state index in [0.717, 1.165) is 17.1 Å². The van der Waals surface area contributed by atoms with E-state index < -0.39 is 0 Å². The SMILES string of the molecule is CC(CCN)C(=O)NCc1ccc2c(c1)OCO2. The molecule has 0 saturated heterocycles. The summed E-state index contributed by atoms with van der Waals surface area (Å²) < 4.78 is 10.5. The molecular formula is C13H18N2O3. The Morgan fingerprint density at radius 1 is 1.44 bits per heavy atom. The molecule has 0 spiro atoms. The van der Waals surface area contributed by atoms with E-state index in [0.29, 0.717) is 19.5 Å². The zero-order valence-electron chi connectivity index (χ0n) is 10.4. The summed E-state index contributed by atoms with van der Waals surface area (Å²) in [6.45, 7) is 3.16. The highest BCUT2D eigenvalue weighted by Gasteiger charge is 2.14. The van der Waals surface area contributed by atoms with E-state index >= 15 is 0 Å². The Hall–Kier alpha value is -1.75. The largest absolute Gasteiger partial charge is 0.454 e. The fraction of sp³-hybridized carbons (Fsp3) is 0.462. The number of nitrogens with two attached hydrogens (primary N) is 1. The van der Waals surface area contributed by atoms with Crippen LogP contribution in [0.15, 0.2) is 18.2 Å². The summed E-state index contributed by atoms with van der Waals surface area (Å²) in [5.74, 6) is 1.46. The number of amides is 1. The lowest BCUT2D eigenvalue weighted by molar-refractivity contribution is -0.124. The Balaban J connectivity index is 1.88. The van der Waals surface area contributed by atoms with E-state index in [-0.39, 0.29) is 18.6 Å². The smallest absolute Gasteiger partial charge is 0.231 e. The van der Waals surface area contributed by atoms with Crippen molar-refractivity contribution in [1.29, 1.82) is 0 Å². The van der Waals surface area contributed by atoms with Gasteiger partial charge in [0.25, 0.3) is 0 Å². The number of rotatable bonds is 5. The number of hydrogen-bond acceptors (Lipinski definition) is 4. The van der Waals surface area contributed by atoms with Crippen LogP contribution >= 0.6 is 0 Å². The zero-order chi connectivity index (χ0) is 13.0. The van der Waals surface area contributed by atoms with Gasteiger partial charge in [0.15, 0.2) is 11.5 Å². The molecule has 0 aliphatic carbocycles. The van der Waals surface area contributed by atoms with Crippen LogP contribution in [0.2, 0.25) is 0 Å². The van der Waals surface area contributed by atoms with Gasteiger partial charge in [0.05, 0.1) is 0 Å². The number of hydrogen-bond donors (Lipinski definition) is 2. The maximum Gasteiger partial charge on any atom is 0.231 e. The Bertz CT molecular complexity index is 434. The molecule has 18 heavy (non-hydrogen) atoms. The first-order valence-electron chi connectivity index (χ1n) is 6.07. The first-order chi connectivity index (χ1) is 8.70. The first-order valence-corrected chi connectivity index (χ1v) is 6.07. The lowest BCUT2D eigenvalue weighted by Gasteiger charge is -2.11. The summed E-state index contributed by atoms with van der Waals surface area (Å²) in [6, 6.07) is 5.66. The van der Waals surface area contributed by atoms with Crippen LogP contribution in [0, 0.1) is 5.92 Å². The minimum absolute atomic E-state index is 0.0260. The fourth-order valence-electron chi connectivity index (χ4n) is 1.80. The number of nitrogens with one attached hydrogen (secondary N) is 1. The molecule has 1 atom stereocenters. The lowest BCUT2D eigenvalue weighted by atomic mass is 10.1. The molecule has 1 aromatic rings. The third-order valence-corrected chi connectivity index (χ3v) is 2.95. The van der Waals surface area contributed by atoms with E-state index in [1.54, 1.807) is 0 Å². The van der Waals surface area contributed by atoms with Gasteiger partial charge in [-0.3, -0.25) is 4.79 Å². The first kappa shape index (κ1) is 12.7. The molecule has 0 saturated carbocycles. The van der Waals surface area contributed by atoms with Gasteiger partial charge in [-0.15, -0.1) is 0 Å². The molecule has 2 rings (SSSR count). The third-order valence-electron chi connectivity index (χ3n) is 2.95. The van der Waals surface area contributed by atoms with Crippen molar-refractivity contribution in [3.05, 3.63) is 23.8 Å². The molecule has 1 aromatic carbocycles. The minimum Gasteiger partial charge on any atom is -0.454 e. The molecule has 1 amide bonds. The van der Waals surface area contributed by atoms with E-state index in [1.165, 1.54) is 0 Å². The summed E-state index contributed by atoms with van der Waals surface area (Å²) in [5, 5.41) is 2.88. The average molecular weight is 250 g/mol. The van der Waals surface area contributed by atoms with Gasteiger partial charge in [0.2, 0.25) is 12.7 Å². The van der Waals surface area contributed by atoms with Crippen molar-refractivity contribution in [2.45, 2.75) is 19.9 Å². The van der Waals surface area contributed by atoms with E-state index in [4.69, 9.17) is 15.2 Å². The van der Waals surface area contributed by atoms with Crippen LogP contribution in [0.1, 0.15) is 18.9 Å². The molecule has 5 heteroatoms. The highest BCUT2D eigenvalue weighted by atomic mass is 16.7. The molecule has 0 radical (unpaired) electrons. The van der Waals surface area contributed by atoms with Crippen LogP contribution in [0.4, 0.5) is 0 Å². The molecule has 1 unspecified atom stereocenters. The Morgan fingerprint density at radius 3 is 3.00 bits per heavy atom. The zero-order valence-corrected chi connectivity index (χ0v) is 10.4. The van der Waals surface area contributed by atoms with Crippen LogP contribution in [0.3, 0.4) is 0 Å². The highest BCUT2D eigenvalue weighted by molar-refractivity contribution is 5.78. The summed E-state index contributed by atoms with van der Waals surface area (Å²) in [6.07, 6.45) is 0.701. The van der Waals surface area contributed by atoms with Gasteiger partial charge < -0.3 is 20.5 Å². The van der Waals surface area contributed by atoms with Crippen molar-refractivity contribution in [2.24, 2.45) is 11.7 Å². The summed E-state index contributed by atoms with van der Waals surface area (Å²) in [4.78, 5) is 11.7. The quantitative estimate of drug-likeness (QED) is 0.818. The summed E-state index contributed by atoms with van der Waals surface area (Å²) in [7, 11) is 0. The second-order valence-electron chi connectivity index (χ2n) is 4.38. The molecule has 0 fully saturated rings. The van der Waals surface area contributed by atoms with Gasteiger partial charge in [-0.2, -0.15) is 0 Å². The predicted molar refractivity (Wildman–Crippen MR) is 67.2 cm³/mol. The van der Waals surface area contributed by atoms with Crippen LogP contribution in [-0.4, -0.2) is 19.2 Å². The molecule has 1 aliphatic heterocycles. The third kappa shape index (κ3) is 2.92. The van der Waals surface area contributed by atoms with Crippen LogP contribution in [0.25, 0.3) is 0 Å². The number of fused-ring (bicyclic) bond motifs is 1. The Labute approximate surface area is 106 Å². The van der Waals surface area contributed by atoms with Crippen LogP contribution in [-0.2, 0) is 11.3 Å². The fourth-order valence-corrected chi connectivity index (χ4v) is 1.80. The number of carbonyl (C=O) groups is 1.